The minimum atomic E-state index is 0.220. The molecule has 0 bridgehead atoms. The minimum Gasteiger partial charge on any atom is -0.456 e. The van der Waals surface area contributed by atoms with Gasteiger partial charge in [-0.05, 0) is 72.0 Å². The van der Waals surface area contributed by atoms with Crippen molar-refractivity contribution in [1.82, 2.24) is 4.57 Å². The van der Waals surface area contributed by atoms with Gasteiger partial charge in [-0.15, -0.1) is 0 Å². The Labute approximate surface area is 266 Å². The zero-order valence-electron chi connectivity index (χ0n) is 26.3. The third-order valence-electron chi connectivity index (χ3n) is 9.57. The van der Waals surface area contributed by atoms with Crippen molar-refractivity contribution >= 4 is 54.9 Å². The molecule has 0 radical (unpaired) electrons. The third-order valence-corrected chi connectivity index (χ3v) is 9.57. The van der Waals surface area contributed by atoms with E-state index < -0.39 is 0 Å². The Morgan fingerprint density at radius 3 is 2.13 bits per heavy atom. The van der Waals surface area contributed by atoms with E-state index in [1.165, 1.54) is 11.1 Å². The molecule has 9 rings (SSSR count). The number of fused-ring (bicyclic) bond motifs is 7. The number of hydrogen-bond donors (Lipinski definition) is 0. The van der Waals surface area contributed by atoms with Crippen molar-refractivity contribution < 1.29 is 13.4 Å². The number of imidazole rings is 1. The minimum absolute atomic E-state index is 0.220. The van der Waals surface area contributed by atoms with Crippen LogP contribution in [0, 0.1) is 6.92 Å². The Bertz CT molecular complexity index is 2630. The topological polar surface area (TPSA) is 35.1 Å². The highest BCUT2D eigenvalue weighted by Crippen LogP contribution is 2.43. The molecule has 0 saturated carbocycles. The second kappa shape index (κ2) is 9.95. The van der Waals surface area contributed by atoms with Crippen molar-refractivity contribution in [1.29, 1.82) is 0 Å². The molecular weight excluding hydrogens is 564 g/mol. The summed E-state index contributed by atoms with van der Waals surface area (Å²) in [5, 5.41) is 4.53. The van der Waals surface area contributed by atoms with Gasteiger partial charge in [-0.1, -0.05) is 92.7 Å². The Balaban J connectivity index is 1.38. The lowest BCUT2D eigenvalue weighted by atomic mass is 9.97. The van der Waals surface area contributed by atoms with Crippen molar-refractivity contribution in [3.63, 3.8) is 0 Å². The first-order chi connectivity index (χ1) is 22.5. The zero-order chi connectivity index (χ0) is 31.1. The van der Waals surface area contributed by atoms with E-state index in [9.17, 15) is 0 Å². The van der Waals surface area contributed by atoms with Gasteiger partial charge >= 0.3 is 0 Å². The summed E-state index contributed by atoms with van der Waals surface area (Å²) >= 11 is 0. The summed E-state index contributed by atoms with van der Waals surface area (Å²) in [5.41, 5.74) is 12.8. The molecule has 0 N–H and O–H groups in total. The lowest BCUT2D eigenvalue weighted by Gasteiger charge is -2.13. The molecule has 3 aromatic heterocycles. The quantitative estimate of drug-likeness (QED) is 0.189. The van der Waals surface area contributed by atoms with Gasteiger partial charge in [-0.25, -0.2) is 4.57 Å². The highest BCUT2D eigenvalue weighted by Gasteiger charge is 2.33. The van der Waals surface area contributed by atoms with Gasteiger partial charge in [-0.3, -0.25) is 0 Å². The van der Waals surface area contributed by atoms with Crippen LogP contribution in [-0.4, -0.2) is 4.57 Å². The largest absolute Gasteiger partial charge is 0.456 e. The van der Waals surface area contributed by atoms with Gasteiger partial charge in [0.2, 0.25) is 0 Å². The molecule has 0 aliphatic heterocycles. The predicted molar refractivity (Wildman–Crippen MR) is 189 cm³/mol. The fraction of sp³-hybridized carbons (Fsp3) is 0.119. The van der Waals surface area contributed by atoms with E-state index in [0.29, 0.717) is 0 Å². The molecule has 46 heavy (non-hydrogen) atoms. The molecule has 0 saturated heterocycles. The van der Waals surface area contributed by atoms with Crippen LogP contribution in [0.4, 0.5) is 0 Å². The predicted octanol–water partition coefficient (Wildman–Crippen LogP) is 11.0. The van der Waals surface area contributed by atoms with Gasteiger partial charge in [0, 0.05) is 27.1 Å². The van der Waals surface area contributed by atoms with E-state index >= 15 is 0 Å². The zero-order valence-corrected chi connectivity index (χ0v) is 26.3. The highest BCUT2D eigenvalue weighted by molar-refractivity contribution is 6.11. The number of furan rings is 2. The first-order valence-electron chi connectivity index (χ1n) is 15.9. The number of hydrogen-bond acceptors (Lipinski definition) is 2. The third kappa shape index (κ3) is 3.77. The van der Waals surface area contributed by atoms with Crippen LogP contribution < -0.4 is 4.57 Å². The Morgan fingerprint density at radius 2 is 1.28 bits per heavy atom. The maximum atomic E-state index is 6.87. The normalized spacial score (nSPS) is 12.1. The van der Waals surface area contributed by atoms with E-state index in [1.54, 1.807) is 0 Å². The molecule has 0 aliphatic carbocycles. The number of para-hydroxylation sites is 3. The molecule has 0 aliphatic rings. The second-order valence-electron chi connectivity index (χ2n) is 12.6. The maximum Gasteiger partial charge on any atom is 0.298 e. The smallest absolute Gasteiger partial charge is 0.298 e. The van der Waals surface area contributed by atoms with E-state index in [4.69, 9.17) is 8.83 Å². The number of benzene rings is 6. The summed E-state index contributed by atoms with van der Waals surface area (Å²) in [4.78, 5) is 0. The number of aromatic nitrogens is 2. The Kier molecular flexibility index (Phi) is 5.79. The summed E-state index contributed by atoms with van der Waals surface area (Å²) in [6.07, 6.45) is 0. The highest BCUT2D eigenvalue weighted by atomic mass is 16.3. The van der Waals surface area contributed by atoms with Gasteiger partial charge < -0.3 is 8.83 Å². The molecular formula is C42H33N2O2+. The van der Waals surface area contributed by atoms with Crippen LogP contribution in [0.25, 0.3) is 83.1 Å². The Hall–Kier alpha value is -5.61. The summed E-state index contributed by atoms with van der Waals surface area (Å²) in [5.74, 6) is 1.29. The van der Waals surface area contributed by atoms with Crippen LogP contribution in [0.3, 0.4) is 0 Å². The van der Waals surface area contributed by atoms with Crippen molar-refractivity contribution in [2.45, 2.75) is 26.7 Å². The average Bonchev–Trinajstić information content (AvgIpc) is 3.73. The summed E-state index contributed by atoms with van der Waals surface area (Å²) < 4.78 is 18.2. The SMILES string of the molecule is Cc1ccc2c(oc3cc(-c4ccccc4)ccc32)c1-c1n(-c2ccc3c(oc4ccccc43)c2C(C)C)c2ccccc2[n+]1C. The van der Waals surface area contributed by atoms with Gasteiger partial charge in [0.15, 0.2) is 16.6 Å². The lowest BCUT2D eigenvalue weighted by molar-refractivity contribution is -0.633. The first-order valence-corrected chi connectivity index (χ1v) is 15.9. The molecule has 4 heteroatoms. The van der Waals surface area contributed by atoms with E-state index in [2.05, 4.69) is 146 Å². The van der Waals surface area contributed by atoms with Gasteiger partial charge in [0.1, 0.15) is 28.0 Å². The van der Waals surface area contributed by atoms with Crippen molar-refractivity contribution in [3.8, 4) is 28.2 Å². The summed E-state index contributed by atoms with van der Waals surface area (Å²) in [6.45, 7) is 6.70. The molecule has 0 atom stereocenters. The van der Waals surface area contributed by atoms with E-state index in [0.717, 1.165) is 83.1 Å². The van der Waals surface area contributed by atoms with Crippen molar-refractivity contribution in [3.05, 3.63) is 132 Å². The van der Waals surface area contributed by atoms with E-state index in [1.807, 2.05) is 12.1 Å². The van der Waals surface area contributed by atoms with Gasteiger partial charge in [0.05, 0.1) is 7.05 Å². The monoisotopic (exact) mass is 597 g/mol. The van der Waals surface area contributed by atoms with Crippen LogP contribution in [0.2, 0.25) is 0 Å². The fourth-order valence-corrected chi connectivity index (χ4v) is 7.42. The summed E-state index contributed by atoms with van der Waals surface area (Å²) in [6, 6.07) is 43.0. The first kappa shape index (κ1) is 26.8. The number of rotatable bonds is 4. The van der Waals surface area contributed by atoms with Crippen LogP contribution in [-0.2, 0) is 7.05 Å². The van der Waals surface area contributed by atoms with E-state index in [-0.39, 0.29) is 5.92 Å². The average molecular weight is 598 g/mol. The maximum absolute atomic E-state index is 6.87. The van der Waals surface area contributed by atoms with Crippen molar-refractivity contribution in [2.75, 3.05) is 0 Å². The summed E-state index contributed by atoms with van der Waals surface area (Å²) in [7, 11) is 2.16. The molecule has 0 spiro atoms. The Morgan fingerprint density at radius 1 is 0.609 bits per heavy atom. The fourth-order valence-electron chi connectivity index (χ4n) is 7.42. The molecule has 9 aromatic rings. The van der Waals surface area contributed by atoms with Crippen LogP contribution in [0.1, 0.15) is 30.9 Å². The van der Waals surface area contributed by atoms with Crippen LogP contribution in [0.15, 0.2) is 130 Å². The van der Waals surface area contributed by atoms with Crippen LogP contribution in [0.5, 0.6) is 0 Å². The molecule has 0 unspecified atom stereocenters. The van der Waals surface area contributed by atoms with Gasteiger partial charge in [-0.2, -0.15) is 4.57 Å². The standard InChI is InChI=1S/C42H33N2O2/c1-25(2)38-35(23-22-32-29-14-8-11-17-36(29)45-40(32)38)44-34-16-10-9-15-33(34)43(4)42(44)39-26(3)18-20-31-30-21-19-28(24-37(30)46-41(31)39)27-12-6-5-7-13-27/h5-25H,1-4H3/q+1. The molecule has 6 aromatic carbocycles. The second-order valence-corrected chi connectivity index (χ2v) is 12.6. The van der Waals surface area contributed by atoms with Crippen LogP contribution >= 0.6 is 0 Å². The molecule has 3 heterocycles. The number of aryl methyl sites for hydroxylation is 2. The van der Waals surface area contributed by atoms with Crippen molar-refractivity contribution in [2.24, 2.45) is 7.05 Å². The molecule has 0 amide bonds. The van der Waals surface area contributed by atoms with Gasteiger partial charge in [0.25, 0.3) is 5.82 Å². The number of nitrogens with zero attached hydrogens (tertiary/aromatic N) is 2. The molecule has 222 valence electrons. The lowest BCUT2D eigenvalue weighted by Crippen LogP contribution is -2.30. The molecule has 0 fully saturated rings. The molecule has 4 nitrogen and oxygen atoms in total.